The van der Waals surface area contributed by atoms with Crippen molar-refractivity contribution in [2.45, 2.75) is 31.2 Å². The number of rotatable bonds is 5. The molecule has 0 radical (unpaired) electrons. The van der Waals surface area contributed by atoms with Crippen LogP contribution in [0, 0.1) is 13.8 Å². The van der Waals surface area contributed by atoms with E-state index in [1.165, 1.54) is 0 Å². The molecule has 1 amide bonds. The maximum Gasteiger partial charge on any atom is 0.277 e. The minimum atomic E-state index is -0.439. The first-order valence-corrected chi connectivity index (χ1v) is 7.69. The Hall–Kier alpha value is -2.55. The van der Waals surface area contributed by atoms with Crippen molar-refractivity contribution in [2.75, 3.05) is 5.32 Å². The highest BCUT2D eigenvalue weighted by atomic mass is 32.2. The molecule has 8 nitrogen and oxygen atoms in total. The van der Waals surface area contributed by atoms with Gasteiger partial charge in [-0.1, -0.05) is 16.9 Å². The number of carbonyl (C=O) groups is 1. The molecule has 120 valence electrons. The maximum absolute atomic E-state index is 12.1. The van der Waals surface area contributed by atoms with E-state index in [1.54, 1.807) is 32.2 Å². The number of aromatic nitrogens is 3. The summed E-state index contributed by atoms with van der Waals surface area (Å²) in [5.41, 5.74) is 0.736. The number of amides is 1. The van der Waals surface area contributed by atoms with Crippen LogP contribution in [0.15, 0.2) is 37.0 Å². The van der Waals surface area contributed by atoms with Gasteiger partial charge >= 0.3 is 0 Å². The topological polar surface area (TPSA) is 107 Å². The minimum absolute atomic E-state index is 0.234. The van der Waals surface area contributed by atoms with Crippen molar-refractivity contribution >= 4 is 23.5 Å². The van der Waals surface area contributed by atoms with Crippen molar-refractivity contribution in [3.8, 4) is 11.5 Å². The molecule has 0 aromatic carbocycles. The largest absolute Gasteiger partial charge is 0.469 e. The first kappa shape index (κ1) is 15.3. The Morgan fingerprint density at radius 3 is 2.83 bits per heavy atom. The van der Waals surface area contributed by atoms with E-state index >= 15 is 0 Å². The van der Waals surface area contributed by atoms with Crippen LogP contribution in [0.3, 0.4) is 0 Å². The molecule has 0 saturated carbocycles. The second-order valence-corrected chi connectivity index (χ2v) is 6.13. The van der Waals surface area contributed by atoms with Crippen LogP contribution in [-0.2, 0) is 4.79 Å². The number of hydrogen-bond donors (Lipinski definition) is 1. The van der Waals surface area contributed by atoms with E-state index in [2.05, 4.69) is 20.7 Å². The Morgan fingerprint density at radius 2 is 2.17 bits per heavy atom. The molecule has 3 rings (SSSR count). The summed E-state index contributed by atoms with van der Waals surface area (Å²) in [4.78, 5) is 12.1. The number of hydrogen-bond acceptors (Lipinski definition) is 8. The van der Waals surface area contributed by atoms with Crippen molar-refractivity contribution < 1.29 is 18.2 Å². The van der Waals surface area contributed by atoms with Gasteiger partial charge in [-0.15, -0.1) is 10.2 Å². The van der Waals surface area contributed by atoms with Gasteiger partial charge in [-0.05, 0) is 26.8 Å². The number of nitrogens with zero attached hydrogens (tertiary/aromatic N) is 3. The highest BCUT2D eigenvalue weighted by Crippen LogP contribution is 2.28. The monoisotopic (exact) mass is 334 g/mol. The lowest BCUT2D eigenvalue weighted by atomic mass is 10.3. The van der Waals surface area contributed by atoms with Crippen LogP contribution in [0.25, 0.3) is 11.5 Å². The normalized spacial score (nSPS) is 12.3. The second kappa shape index (κ2) is 6.29. The van der Waals surface area contributed by atoms with Gasteiger partial charge in [0.25, 0.3) is 11.1 Å². The predicted molar refractivity (Wildman–Crippen MR) is 81.9 cm³/mol. The summed E-state index contributed by atoms with van der Waals surface area (Å²) < 4.78 is 15.6. The predicted octanol–water partition coefficient (Wildman–Crippen LogP) is 3.05. The molecule has 0 spiro atoms. The van der Waals surface area contributed by atoms with Gasteiger partial charge in [0.1, 0.15) is 11.5 Å². The molecule has 0 saturated heterocycles. The number of aryl methyl sites for hydroxylation is 2. The van der Waals surface area contributed by atoms with Gasteiger partial charge in [-0.25, -0.2) is 0 Å². The zero-order valence-electron chi connectivity index (χ0n) is 12.7. The Balaban J connectivity index is 1.64. The van der Waals surface area contributed by atoms with Crippen LogP contribution in [0.2, 0.25) is 0 Å². The molecule has 0 aliphatic carbocycles. The van der Waals surface area contributed by atoms with E-state index in [0.717, 1.165) is 17.3 Å². The fourth-order valence-corrected chi connectivity index (χ4v) is 2.51. The Labute approximate surface area is 135 Å². The lowest BCUT2D eigenvalue weighted by Gasteiger charge is -2.06. The third-order valence-electron chi connectivity index (χ3n) is 3.02. The van der Waals surface area contributed by atoms with E-state index in [1.807, 2.05) is 6.92 Å². The smallest absolute Gasteiger partial charge is 0.277 e. The van der Waals surface area contributed by atoms with Crippen molar-refractivity contribution in [3.63, 3.8) is 0 Å². The van der Waals surface area contributed by atoms with E-state index < -0.39 is 5.25 Å². The molecule has 0 aliphatic rings. The van der Waals surface area contributed by atoms with Gasteiger partial charge in [0, 0.05) is 6.07 Å². The summed E-state index contributed by atoms with van der Waals surface area (Å²) in [6.07, 6.45) is 1.55. The van der Waals surface area contributed by atoms with Gasteiger partial charge in [0.15, 0.2) is 5.82 Å². The third-order valence-corrected chi connectivity index (χ3v) is 3.96. The number of nitrogens with one attached hydrogen (secondary N) is 1. The van der Waals surface area contributed by atoms with Crippen molar-refractivity contribution in [2.24, 2.45) is 0 Å². The number of anilines is 1. The van der Waals surface area contributed by atoms with Gasteiger partial charge in [0.2, 0.25) is 5.91 Å². The molecule has 1 N–H and O–H groups in total. The second-order valence-electron chi connectivity index (χ2n) is 4.84. The molecule has 1 atom stereocenters. The molecule has 3 aromatic rings. The lowest BCUT2D eigenvalue weighted by molar-refractivity contribution is -0.115. The molecular weight excluding hydrogens is 320 g/mol. The van der Waals surface area contributed by atoms with E-state index in [0.29, 0.717) is 28.5 Å². The number of furan rings is 1. The summed E-state index contributed by atoms with van der Waals surface area (Å²) in [6, 6.07) is 3.39. The third kappa shape index (κ3) is 3.45. The first-order chi connectivity index (χ1) is 11.0. The van der Waals surface area contributed by atoms with Crippen LogP contribution < -0.4 is 5.32 Å². The summed E-state index contributed by atoms with van der Waals surface area (Å²) in [6.45, 7) is 5.29. The highest BCUT2D eigenvalue weighted by molar-refractivity contribution is 8.00. The van der Waals surface area contributed by atoms with Crippen LogP contribution in [0.5, 0.6) is 0 Å². The zero-order chi connectivity index (χ0) is 16.4. The molecule has 3 heterocycles. The average Bonchev–Trinajstić information content (AvgIpc) is 3.21. The number of carbonyl (C=O) groups excluding carboxylic acids is 1. The Bertz CT molecular complexity index is 822. The van der Waals surface area contributed by atoms with Gasteiger partial charge < -0.3 is 18.7 Å². The van der Waals surface area contributed by atoms with E-state index in [-0.39, 0.29) is 5.91 Å². The van der Waals surface area contributed by atoms with Gasteiger partial charge in [-0.2, -0.15) is 0 Å². The molecular formula is C14H14N4O4S. The fourth-order valence-electron chi connectivity index (χ4n) is 1.83. The summed E-state index contributed by atoms with van der Waals surface area (Å²) >= 11 is 1.16. The molecule has 0 unspecified atom stereocenters. The Morgan fingerprint density at radius 1 is 1.35 bits per heavy atom. The standard InChI is InChI=1S/C14H14N4O4S/c1-7-6-11(18-22-7)15-12(19)9(3)23-14-17-16-13(21-14)10-4-5-20-8(10)2/h4-6,9H,1-3H3,(H,15,18,19)/t9-/m1/s1. The molecule has 3 aromatic heterocycles. The van der Waals surface area contributed by atoms with Crippen LogP contribution in [0.4, 0.5) is 5.82 Å². The molecule has 0 bridgehead atoms. The van der Waals surface area contributed by atoms with Crippen molar-refractivity contribution in [3.05, 3.63) is 29.9 Å². The molecule has 0 aliphatic heterocycles. The summed E-state index contributed by atoms with van der Waals surface area (Å²) in [5, 5.41) is 14.1. The summed E-state index contributed by atoms with van der Waals surface area (Å²) in [7, 11) is 0. The zero-order valence-corrected chi connectivity index (χ0v) is 13.5. The van der Waals surface area contributed by atoms with Crippen molar-refractivity contribution in [1.82, 2.24) is 15.4 Å². The van der Waals surface area contributed by atoms with E-state index in [4.69, 9.17) is 13.4 Å². The van der Waals surface area contributed by atoms with Crippen LogP contribution in [0.1, 0.15) is 18.4 Å². The molecule has 9 heteroatoms. The van der Waals surface area contributed by atoms with Gasteiger partial charge in [0.05, 0.1) is 17.1 Å². The SMILES string of the molecule is Cc1cc(NC(=O)[C@@H](C)Sc2nnc(-c3ccoc3C)o2)no1. The quantitative estimate of drug-likeness (QED) is 0.709. The minimum Gasteiger partial charge on any atom is -0.469 e. The number of thioether (sulfide) groups is 1. The summed E-state index contributed by atoms with van der Waals surface area (Å²) in [5.74, 6) is 1.82. The first-order valence-electron chi connectivity index (χ1n) is 6.81. The Kier molecular flexibility index (Phi) is 4.20. The van der Waals surface area contributed by atoms with E-state index in [9.17, 15) is 4.79 Å². The average molecular weight is 334 g/mol. The highest BCUT2D eigenvalue weighted by Gasteiger charge is 2.20. The molecule has 0 fully saturated rings. The lowest BCUT2D eigenvalue weighted by Crippen LogP contribution is -2.22. The van der Waals surface area contributed by atoms with Crippen LogP contribution in [-0.4, -0.2) is 26.5 Å². The van der Waals surface area contributed by atoms with Gasteiger partial charge in [-0.3, -0.25) is 4.79 Å². The molecule has 23 heavy (non-hydrogen) atoms. The fraction of sp³-hybridized carbons (Fsp3) is 0.286. The maximum atomic E-state index is 12.1. The van der Waals surface area contributed by atoms with Crippen LogP contribution >= 0.6 is 11.8 Å². The van der Waals surface area contributed by atoms with Crippen molar-refractivity contribution in [1.29, 1.82) is 0 Å².